The second-order valence-electron chi connectivity index (χ2n) is 17.2. The summed E-state index contributed by atoms with van der Waals surface area (Å²) >= 11 is 0. The average molecular weight is 627 g/mol. The molecular weight excluding hydrogens is 552 g/mol. The fourth-order valence-electron chi connectivity index (χ4n) is 12.1. The standard InChI is InChI=1S/C42H74O3/c1-5-6-7-8-9-10-11-12-13-14-15-16-17-18-19-20-21-33-30-35(43)31-34-23-24-36-38-26-25-37(32(2)22-27-40(44)45)41(38,3)29-28-39(36)42(33,34)4/h12-13,32-39,43H,5-11,14-31H2,1-4H3,(H,44,45)/t32-,33?,34?,35-,36+,37-,38+,39+,41-,42+/m1/s1. The van der Waals surface area contributed by atoms with Gasteiger partial charge in [-0.2, -0.15) is 0 Å². The molecule has 0 saturated heterocycles. The molecule has 0 spiro atoms. The third-order valence-electron chi connectivity index (χ3n) is 14.6. The fraction of sp³-hybridized carbons (Fsp3) is 0.929. The first-order valence-corrected chi connectivity index (χ1v) is 20.3. The highest BCUT2D eigenvalue weighted by atomic mass is 16.4. The van der Waals surface area contributed by atoms with E-state index < -0.39 is 5.97 Å². The number of allylic oxidation sites excluding steroid dienone is 2. The predicted molar refractivity (Wildman–Crippen MR) is 190 cm³/mol. The zero-order valence-corrected chi connectivity index (χ0v) is 30.3. The van der Waals surface area contributed by atoms with Crippen molar-refractivity contribution in [2.75, 3.05) is 0 Å². The molecule has 2 N–H and O–H groups in total. The summed E-state index contributed by atoms with van der Waals surface area (Å²) in [6, 6.07) is 0. The van der Waals surface area contributed by atoms with Crippen LogP contribution in [-0.4, -0.2) is 22.3 Å². The quantitative estimate of drug-likeness (QED) is 0.104. The molecule has 0 aromatic heterocycles. The van der Waals surface area contributed by atoms with E-state index in [-0.39, 0.29) is 6.10 Å². The van der Waals surface area contributed by atoms with Crippen molar-refractivity contribution in [3.8, 4) is 0 Å². The topological polar surface area (TPSA) is 57.5 Å². The molecule has 0 heterocycles. The minimum absolute atomic E-state index is 0.0847. The molecule has 3 heteroatoms. The van der Waals surface area contributed by atoms with Crippen LogP contribution in [0.3, 0.4) is 0 Å². The van der Waals surface area contributed by atoms with Crippen LogP contribution in [0.1, 0.15) is 188 Å². The third-order valence-corrected chi connectivity index (χ3v) is 14.6. The maximum atomic E-state index is 11.3. The van der Waals surface area contributed by atoms with Crippen LogP contribution < -0.4 is 0 Å². The van der Waals surface area contributed by atoms with Gasteiger partial charge < -0.3 is 10.2 Å². The molecule has 0 aromatic rings. The zero-order chi connectivity index (χ0) is 32.3. The summed E-state index contributed by atoms with van der Waals surface area (Å²) in [6.45, 7) is 9.93. The molecule has 4 aliphatic rings. The Kier molecular flexibility index (Phi) is 14.9. The van der Waals surface area contributed by atoms with E-state index in [0.717, 1.165) is 37.0 Å². The lowest BCUT2D eigenvalue weighted by Gasteiger charge is -2.63. The Balaban J connectivity index is 1.20. The molecule has 260 valence electrons. The summed E-state index contributed by atoms with van der Waals surface area (Å²) in [4.78, 5) is 11.3. The molecule has 10 atom stereocenters. The van der Waals surface area contributed by atoms with Crippen LogP contribution >= 0.6 is 0 Å². The number of carboxylic acid groups (broad SMARTS) is 1. The Hall–Kier alpha value is -0.830. The molecule has 4 aliphatic carbocycles. The van der Waals surface area contributed by atoms with Crippen molar-refractivity contribution in [2.45, 2.75) is 194 Å². The molecule has 45 heavy (non-hydrogen) atoms. The second-order valence-corrected chi connectivity index (χ2v) is 17.2. The molecule has 0 bridgehead atoms. The van der Waals surface area contributed by atoms with Crippen LogP contribution in [0.15, 0.2) is 12.2 Å². The normalized spacial score (nSPS) is 36.9. The molecule has 0 aromatic carbocycles. The molecular formula is C42H74O3. The highest BCUT2D eigenvalue weighted by molar-refractivity contribution is 5.66. The van der Waals surface area contributed by atoms with Crippen molar-refractivity contribution < 1.29 is 15.0 Å². The minimum atomic E-state index is -0.635. The van der Waals surface area contributed by atoms with Crippen molar-refractivity contribution >= 4 is 5.97 Å². The first-order valence-electron chi connectivity index (χ1n) is 20.3. The second kappa shape index (κ2) is 18.1. The number of carboxylic acids is 1. The van der Waals surface area contributed by atoms with Crippen LogP contribution in [0.25, 0.3) is 0 Å². The van der Waals surface area contributed by atoms with Gasteiger partial charge in [-0.25, -0.2) is 0 Å². The molecule has 0 radical (unpaired) electrons. The monoisotopic (exact) mass is 627 g/mol. The van der Waals surface area contributed by atoms with E-state index in [2.05, 4.69) is 39.8 Å². The predicted octanol–water partition coefficient (Wildman–Crippen LogP) is 12.2. The van der Waals surface area contributed by atoms with Gasteiger partial charge in [0, 0.05) is 6.42 Å². The Morgan fingerprint density at radius 2 is 1.44 bits per heavy atom. The van der Waals surface area contributed by atoms with E-state index in [4.69, 9.17) is 0 Å². The van der Waals surface area contributed by atoms with Gasteiger partial charge in [0.25, 0.3) is 0 Å². The smallest absolute Gasteiger partial charge is 0.303 e. The highest BCUT2D eigenvalue weighted by Gasteiger charge is 2.62. The number of aliphatic hydroxyl groups excluding tert-OH is 1. The summed E-state index contributed by atoms with van der Waals surface area (Å²) in [5.41, 5.74) is 0.800. The minimum Gasteiger partial charge on any atom is -0.481 e. The number of aliphatic carboxylic acids is 1. The lowest BCUT2D eigenvalue weighted by Crippen LogP contribution is -2.57. The molecule has 4 saturated carbocycles. The molecule has 0 amide bonds. The van der Waals surface area contributed by atoms with Gasteiger partial charge in [0.2, 0.25) is 0 Å². The van der Waals surface area contributed by atoms with Crippen LogP contribution in [0.2, 0.25) is 0 Å². The van der Waals surface area contributed by atoms with Crippen LogP contribution in [0, 0.1) is 52.3 Å². The SMILES string of the molecule is CCCCCCCCC=CCCCCCCCCC1C[C@@H](O)CC2CC[C@@H]3[C@H](CC[C@]4(C)[C@@H]([C@H](C)CCC(=O)O)CC[C@@H]34)[C@@]12C. The number of hydrogen-bond donors (Lipinski definition) is 2. The van der Waals surface area contributed by atoms with Gasteiger partial charge in [0.1, 0.15) is 0 Å². The Bertz CT molecular complexity index is 896. The van der Waals surface area contributed by atoms with E-state index in [1.807, 2.05) is 0 Å². The molecule has 4 rings (SSSR count). The Morgan fingerprint density at radius 3 is 2.11 bits per heavy atom. The first-order chi connectivity index (χ1) is 21.7. The lowest BCUT2D eigenvalue weighted by atomic mass is 9.42. The van der Waals surface area contributed by atoms with Gasteiger partial charge in [0.15, 0.2) is 0 Å². The Morgan fingerprint density at radius 1 is 0.800 bits per heavy atom. The van der Waals surface area contributed by atoms with Crippen molar-refractivity contribution in [3.05, 3.63) is 12.2 Å². The number of carbonyl (C=O) groups is 1. The van der Waals surface area contributed by atoms with E-state index in [1.165, 1.54) is 135 Å². The summed E-state index contributed by atoms with van der Waals surface area (Å²) in [6.07, 6.45) is 36.5. The van der Waals surface area contributed by atoms with E-state index in [0.29, 0.717) is 40.9 Å². The largest absolute Gasteiger partial charge is 0.481 e. The van der Waals surface area contributed by atoms with Crippen LogP contribution in [-0.2, 0) is 4.79 Å². The third kappa shape index (κ3) is 9.41. The van der Waals surface area contributed by atoms with Crippen molar-refractivity contribution in [3.63, 3.8) is 0 Å². The highest BCUT2D eigenvalue weighted by Crippen LogP contribution is 2.69. The molecule has 0 aliphatic heterocycles. The first kappa shape index (κ1) is 37.0. The van der Waals surface area contributed by atoms with E-state index >= 15 is 0 Å². The summed E-state index contributed by atoms with van der Waals surface area (Å²) in [5, 5.41) is 20.3. The van der Waals surface area contributed by atoms with E-state index in [1.54, 1.807) is 0 Å². The Labute approximate surface area is 279 Å². The van der Waals surface area contributed by atoms with Gasteiger partial charge in [-0.1, -0.05) is 104 Å². The van der Waals surface area contributed by atoms with Gasteiger partial charge in [-0.3, -0.25) is 4.79 Å². The molecule has 2 unspecified atom stereocenters. The summed E-state index contributed by atoms with van der Waals surface area (Å²) < 4.78 is 0. The maximum Gasteiger partial charge on any atom is 0.303 e. The molecule has 4 fully saturated rings. The number of fused-ring (bicyclic) bond motifs is 5. The van der Waals surface area contributed by atoms with Gasteiger partial charge >= 0.3 is 5.97 Å². The maximum absolute atomic E-state index is 11.3. The van der Waals surface area contributed by atoms with Crippen LogP contribution in [0.4, 0.5) is 0 Å². The van der Waals surface area contributed by atoms with E-state index in [9.17, 15) is 15.0 Å². The van der Waals surface area contributed by atoms with Crippen molar-refractivity contribution in [1.82, 2.24) is 0 Å². The van der Waals surface area contributed by atoms with Gasteiger partial charge in [0.05, 0.1) is 6.10 Å². The molecule has 3 nitrogen and oxygen atoms in total. The van der Waals surface area contributed by atoms with Gasteiger partial charge in [-0.15, -0.1) is 0 Å². The number of aliphatic hydroxyl groups is 1. The number of unbranched alkanes of at least 4 members (excludes halogenated alkanes) is 12. The van der Waals surface area contributed by atoms with Crippen molar-refractivity contribution in [1.29, 1.82) is 0 Å². The average Bonchev–Trinajstić information content (AvgIpc) is 3.37. The fourth-order valence-corrected chi connectivity index (χ4v) is 12.1. The lowest BCUT2D eigenvalue weighted by molar-refractivity contribution is -0.159. The summed E-state index contributed by atoms with van der Waals surface area (Å²) in [5.74, 6) is 4.47. The van der Waals surface area contributed by atoms with Crippen LogP contribution in [0.5, 0.6) is 0 Å². The summed E-state index contributed by atoms with van der Waals surface area (Å²) in [7, 11) is 0. The number of rotatable bonds is 20. The zero-order valence-electron chi connectivity index (χ0n) is 30.3. The van der Waals surface area contributed by atoms with Gasteiger partial charge in [-0.05, 0) is 142 Å². The van der Waals surface area contributed by atoms with Crippen molar-refractivity contribution in [2.24, 2.45) is 52.3 Å². The number of hydrogen-bond acceptors (Lipinski definition) is 2.